The van der Waals surface area contributed by atoms with Crippen molar-refractivity contribution in [1.29, 1.82) is 0 Å². The summed E-state index contributed by atoms with van der Waals surface area (Å²) < 4.78 is 0. The topological polar surface area (TPSA) is 194 Å². The molecule has 42 heavy (non-hydrogen) atoms. The lowest BCUT2D eigenvalue weighted by molar-refractivity contribution is -0.145. The Labute approximate surface area is 244 Å². The largest absolute Gasteiger partial charge is 0.481 e. The molecule has 230 valence electrons. The molecule has 0 bridgehead atoms. The number of carbonyl (C=O) groups is 6. The van der Waals surface area contributed by atoms with Crippen LogP contribution >= 0.6 is 0 Å². The summed E-state index contributed by atoms with van der Waals surface area (Å²) in [5, 5.41) is 30.0. The van der Waals surface area contributed by atoms with Crippen LogP contribution in [0, 0.1) is 5.92 Å². The normalized spacial score (nSPS) is 20.4. The molecular weight excluding hydrogens is 546 g/mol. The Morgan fingerprint density at radius 3 is 2.24 bits per heavy atom. The van der Waals surface area contributed by atoms with E-state index in [0.29, 0.717) is 19.4 Å². The number of nitrogens with one attached hydrogen (secondary N) is 4. The number of hydrogen-bond donors (Lipinski definition) is 6. The van der Waals surface area contributed by atoms with Gasteiger partial charge in [-0.3, -0.25) is 24.0 Å². The second-order valence-electron chi connectivity index (χ2n) is 11.2. The lowest BCUT2D eigenvalue weighted by atomic mass is 10.0. The minimum absolute atomic E-state index is 0.0541. The first kappa shape index (κ1) is 32.5. The van der Waals surface area contributed by atoms with Crippen LogP contribution in [0.15, 0.2) is 30.3 Å². The van der Waals surface area contributed by atoms with Gasteiger partial charge in [0.1, 0.15) is 24.2 Å². The second kappa shape index (κ2) is 15.3. The van der Waals surface area contributed by atoms with Crippen molar-refractivity contribution < 1.29 is 39.0 Å². The smallest absolute Gasteiger partial charge is 0.326 e. The molecule has 1 aromatic carbocycles. The Hall–Kier alpha value is -4.00. The Morgan fingerprint density at radius 1 is 0.929 bits per heavy atom. The average molecular weight is 588 g/mol. The highest BCUT2D eigenvalue weighted by atomic mass is 16.4. The molecule has 2 fully saturated rings. The Bertz CT molecular complexity index is 1140. The Morgan fingerprint density at radius 2 is 1.64 bits per heavy atom. The van der Waals surface area contributed by atoms with Gasteiger partial charge in [0.05, 0.1) is 6.04 Å². The SMILES string of the molecule is CC(C)[C@H](NC(=O)[C@@H]1CCCN1)C(=O)N[C@@H](CCC(=O)O)C(=O)N1CCC[C@H]1C(=O)N[C@@H](Cc1ccccc1)C(=O)O. The van der Waals surface area contributed by atoms with Crippen LogP contribution < -0.4 is 21.3 Å². The van der Waals surface area contributed by atoms with Gasteiger partial charge in [0, 0.05) is 19.4 Å². The van der Waals surface area contributed by atoms with Crippen LogP contribution in [0.4, 0.5) is 0 Å². The summed E-state index contributed by atoms with van der Waals surface area (Å²) in [5.74, 6) is -4.93. The maximum atomic E-state index is 13.7. The highest BCUT2D eigenvalue weighted by Crippen LogP contribution is 2.21. The highest BCUT2D eigenvalue weighted by molar-refractivity contribution is 5.96. The molecule has 2 aliphatic heterocycles. The van der Waals surface area contributed by atoms with Crippen molar-refractivity contribution in [1.82, 2.24) is 26.2 Å². The molecule has 2 saturated heterocycles. The summed E-state index contributed by atoms with van der Waals surface area (Å²) >= 11 is 0. The zero-order valence-electron chi connectivity index (χ0n) is 24.0. The number of nitrogens with zero attached hydrogens (tertiary/aromatic N) is 1. The van der Waals surface area contributed by atoms with Gasteiger partial charge in [0.25, 0.3) is 0 Å². The zero-order chi connectivity index (χ0) is 30.8. The molecule has 1 aromatic rings. The van der Waals surface area contributed by atoms with E-state index in [2.05, 4.69) is 21.3 Å². The van der Waals surface area contributed by atoms with Crippen LogP contribution in [0.2, 0.25) is 0 Å². The van der Waals surface area contributed by atoms with Gasteiger partial charge in [0.2, 0.25) is 23.6 Å². The van der Waals surface area contributed by atoms with Gasteiger partial charge in [-0.1, -0.05) is 44.2 Å². The van der Waals surface area contributed by atoms with Crippen LogP contribution in [-0.4, -0.2) is 94.0 Å². The van der Waals surface area contributed by atoms with Crippen molar-refractivity contribution in [2.45, 2.75) is 89.0 Å². The minimum atomic E-state index is -1.26. The van der Waals surface area contributed by atoms with E-state index in [1.807, 2.05) is 0 Å². The van der Waals surface area contributed by atoms with Gasteiger partial charge in [-0.15, -0.1) is 0 Å². The lowest BCUT2D eigenvalue weighted by Crippen LogP contribution is -2.59. The highest BCUT2D eigenvalue weighted by Gasteiger charge is 2.40. The predicted molar refractivity (Wildman–Crippen MR) is 151 cm³/mol. The first-order chi connectivity index (χ1) is 20.0. The molecule has 13 heteroatoms. The van der Waals surface area contributed by atoms with Crippen molar-refractivity contribution in [2.75, 3.05) is 13.1 Å². The fraction of sp³-hybridized carbons (Fsp3) is 0.586. The fourth-order valence-electron chi connectivity index (χ4n) is 5.30. The van der Waals surface area contributed by atoms with Crippen LogP contribution in [0.1, 0.15) is 57.9 Å². The van der Waals surface area contributed by atoms with Gasteiger partial charge in [0.15, 0.2) is 0 Å². The third-order valence-corrected chi connectivity index (χ3v) is 7.62. The predicted octanol–water partition coefficient (Wildman–Crippen LogP) is 0.0319. The van der Waals surface area contributed by atoms with Crippen LogP contribution in [0.25, 0.3) is 0 Å². The molecule has 2 aliphatic rings. The van der Waals surface area contributed by atoms with Crippen molar-refractivity contribution in [2.24, 2.45) is 5.92 Å². The molecule has 0 aromatic heterocycles. The summed E-state index contributed by atoms with van der Waals surface area (Å²) in [7, 11) is 0. The van der Waals surface area contributed by atoms with Gasteiger partial charge in [-0.05, 0) is 50.1 Å². The first-order valence-corrected chi connectivity index (χ1v) is 14.4. The van der Waals surface area contributed by atoms with Crippen LogP contribution in [0.5, 0.6) is 0 Å². The number of rotatable bonds is 14. The number of benzene rings is 1. The minimum Gasteiger partial charge on any atom is -0.481 e. The standard InChI is InChI=1S/C29H41N5O8/c1-17(2)24(33-25(37)19-10-6-14-30-19)27(39)31-20(12-13-23(35)36)28(40)34-15-7-11-22(34)26(38)32-21(29(41)42)16-18-8-4-3-5-9-18/h3-5,8-9,17,19-22,24,30H,6-7,10-16H2,1-2H3,(H,31,39)(H,32,38)(H,33,37)(H,35,36)(H,41,42)/t19-,20-,21-,22-,24-/m0/s1. The molecule has 6 N–H and O–H groups in total. The molecule has 4 amide bonds. The van der Waals surface area contributed by atoms with Crippen molar-refractivity contribution in [3.63, 3.8) is 0 Å². The third-order valence-electron chi connectivity index (χ3n) is 7.62. The molecule has 0 saturated carbocycles. The number of likely N-dealkylation sites (tertiary alicyclic amines) is 1. The molecule has 13 nitrogen and oxygen atoms in total. The van der Waals surface area contributed by atoms with Crippen molar-refractivity contribution >= 4 is 35.6 Å². The van der Waals surface area contributed by atoms with Crippen molar-refractivity contribution in [3.8, 4) is 0 Å². The van der Waals surface area contributed by atoms with E-state index in [4.69, 9.17) is 0 Å². The number of aliphatic carboxylic acids is 2. The molecule has 0 radical (unpaired) electrons. The number of carbonyl (C=O) groups excluding carboxylic acids is 4. The number of hydrogen-bond acceptors (Lipinski definition) is 7. The molecule has 3 rings (SSSR count). The number of amides is 4. The number of carboxylic acid groups (broad SMARTS) is 2. The summed E-state index contributed by atoms with van der Waals surface area (Å²) in [6, 6.07) is 3.99. The molecule has 0 aliphatic carbocycles. The maximum Gasteiger partial charge on any atom is 0.326 e. The maximum absolute atomic E-state index is 13.7. The third kappa shape index (κ3) is 9.00. The van der Waals surface area contributed by atoms with E-state index in [-0.39, 0.29) is 37.6 Å². The van der Waals surface area contributed by atoms with Gasteiger partial charge in [-0.25, -0.2) is 4.79 Å². The molecule has 2 heterocycles. The summed E-state index contributed by atoms with van der Waals surface area (Å²) in [5.41, 5.74) is 0.719. The molecule has 0 unspecified atom stereocenters. The quantitative estimate of drug-likeness (QED) is 0.174. The first-order valence-electron chi connectivity index (χ1n) is 14.4. The molecule has 5 atom stereocenters. The summed E-state index contributed by atoms with van der Waals surface area (Å²) in [6.07, 6.45) is 1.66. The average Bonchev–Trinajstić information content (AvgIpc) is 3.66. The lowest BCUT2D eigenvalue weighted by Gasteiger charge is -2.31. The van der Waals surface area contributed by atoms with Crippen LogP contribution in [0.3, 0.4) is 0 Å². The van der Waals surface area contributed by atoms with Gasteiger partial charge in [-0.2, -0.15) is 0 Å². The second-order valence-corrected chi connectivity index (χ2v) is 11.2. The van der Waals surface area contributed by atoms with Gasteiger partial charge >= 0.3 is 11.9 Å². The summed E-state index contributed by atoms with van der Waals surface area (Å²) in [4.78, 5) is 77.4. The Kier molecular flexibility index (Phi) is 11.8. The van der Waals surface area contributed by atoms with E-state index in [1.54, 1.807) is 44.2 Å². The number of carboxylic acids is 2. The van der Waals surface area contributed by atoms with E-state index < -0.39 is 66.3 Å². The molecule has 0 spiro atoms. The van der Waals surface area contributed by atoms with Crippen LogP contribution in [-0.2, 0) is 35.2 Å². The fourth-order valence-corrected chi connectivity index (χ4v) is 5.30. The zero-order valence-corrected chi connectivity index (χ0v) is 24.0. The Balaban J connectivity index is 1.72. The van der Waals surface area contributed by atoms with E-state index >= 15 is 0 Å². The monoisotopic (exact) mass is 587 g/mol. The molecular formula is C29H41N5O8. The summed E-state index contributed by atoms with van der Waals surface area (Å²) in [6.45, 7) is 4.38. The van der Waals surface area contributed by atoms with Gasteiger partial charge < -0.3 is 36.4 Å². The van der Waals surface area contributed by atoms with E-state index in [9.17, 15) is 39.0 Å². The van der Waals surface area contributed by atoms with E-state index in [0.717, 1.165) is 12.0 Å². The van der Waals surface area contributed by atoms with E-state index in [1.165, 1.54) is 4.90 Å². The van der Waals surface area contributed by atoms with Crippen molar-refractivity contribution in [3.05, 3.63) is 35.9 Å².